The minimum atomic E-state index is -0.483. The van der Waals surface area contributed by atoms with E-state index in [4.69, 9.17) is 0 Å². The third-order valence-electron chi connectivity index (χ3n) is 4.50. The van der Waals surface area contributed by atoms with Crippen molar-refractivity contribution in [2.24, 2.45) is 0 Å². The van der Waals surface area contributed by atoms with Crippen molar-refractivity contribution in [3.63, 3.8) is 0 Å². The van der Waals surface area contributed by atoms with Gasteiger partial charge in [0.05, 0.1) is 23.2 Å². The van der Waals surface area contributed by atoms with Gasteiger partial charge in [-0.3, -0.25) is 9.89 Å². The lowest BCUT2D eigenvalue weighted by molar-refractivity contribution is 0.0691. The van der Waals surface area contributed by atoms with Gasteiger partial charge in [-0.05, 0) is 25.3 Å². The van der Waals surface area contributed by atoms with Crippen molar-refractivity contribution < 1.29 is 4.79 Å². The first kappa shape index (κ1) is 14.3. The molecule has 0 bridgehead atoms. The summed E-state index contributed by atoms with van der Waals surface area (Å²) in [6.07, 6.45) is 2.90. The van der Waals surface area contributed by atoms with Crippen LogP contribution in [-0.4, -0.2) is 34.1 Å². The molecule has 0 saturated carbocycles. The van der Waals surface area contributed by atoms with Gasteiger partial charge in [0.1, 0.15) is 0 Å². The maximum absolute atomic E-state index is 12.5. The van der Waals surface area contributed by atoms with Gasteiger partial charge in [0, 0.05) is 18.8 Å². The van der Waals surface area contributed by atoms with Crippen LogP contribution in [0.5, 0.6) is 0 Å². The fraction of sp³-hybridized carbons (Fsp3) is 0.353. The molecule has 2 heterocycles. The van der Waals surface area contributed by atoms with Crippen LogP contribution in [0.25, 0.3) is 0 Å². The number of nitrogens with zero attached hydrogens (tertiary/aromatic N) is 3. The molecule has 112 valence electrons. The van der Waals surface area contributed by atoms with Gasteiger partial charge in [0.2, 0.25) is 0 Å². The number of piperidine rings is 1. The van der Waals surface area contributed by atoms with E-state index in [0.717, 1.165) is 11.3 Å². The van der Waals surface area contributed by atoms with E-state index in [9.17, 15) is 10.1 Å². The van der Waals surface area contributed by atoms with Crippen molar-refractivity contribution >= 4 is 5.91 Å². The lowest BCUT2D eigenvalue weighted by atomic mass is 9.74. The van der Waals surface area contributed by atoms with E-state index in [1.54, 1.807) is 6.20 Å². The Balaban J connectivity index is 1.76. The van der Waals surface area contributed by atoms with Gasteiger partial charge in [-0.1, -0.05) is 30.3 Å². The van der Waals surface area contributed by atoms with Gasteiger partial charge in [-0.2, -0.15) is 10.4 Å². The summed E-state index contributed by atoms with van der Waals surface area (Å²) in [7, 11) is 0. The highest BCUT2D eigenvalue weighted by molar-refractivity contribution is 5.95. The molecule has 0 radical (unpaired) electrons. The average molecular weight is 294 g/mol. The van der Waals surface area contributed by atoms with E-state index in [2.05, 4.69) is 16.3 Å². The van der Waals surface area contributed by atoms with Crippen LogP contribution < -0.4 is 0 Å². The van der Waals surface area contributed by atoms with Crippen LogP contribution in [0.3, 0.4) is 0 Å². The van der Waals surface area contributed by atoms with Crippen molar-refractivity contribution in [2.45, 2.75) is 25.2 Å². The highest BCUT2D eigenvalue weighted by Crippen LogP contribution is 2.35. The van der Waals surface area contributed by atoms with Gasteiger partial charge in [-0.25, -0.2) is 0 Å². The lowest BCUT2D eigenvalue weighted by Crippen LogP contribution is -2.44. The second-order valence-electron chi connectivity index (χ2n) is 5.76. The lowest BCUT2D eigenvalue weighted by Gasteiger charge is -2.37. The molecular weight excluding hydrogens is 276 g/mol. The van der Waals surface area contributed by atoms with Gasteiger partial charge < -0.3 is 4.90 Å². The monoisotopic (exact) mass is 294 g/mol. The number of nitriles is 1. The minimum Gasteiger partial charge on any atom is -0.338 e. The number of carbonyl (C=O) groups excluding carboxylic acids is 1. The topological polar surface area (TPSA) is 72.8 Å². The van der Waals surface area contributed by atoms with Crippen molar-refractivity contribution in [1.82, 2.24) is 15.1 Å². The standard InChI is InChI=1S/C17H18N4O/c1-13-15(11-19-20-13)16(22)21-9-7-17(12-18,8-10-21)14-5-3-2-4-6-14/h2-6,11H,7-10H2,1H3,(H,19,20). The second kappa shape index (κ2) is 5.64. The van der Waals surface area contributed by atoms with Gasteiger partial charge >= 0.3 is 0 Å². The third kappa shape index (κ3) is 2.37. The van der Waals surface area contributed by atoms with E-state index in [1.165, 1.54) is 0 Å². The number of H-pyrrole nitrogens is 1. The number of aryl methyl sites for hydroxylation is 1. The number of aromatic nitrogens is 2. The third-order valence-corrected chi connectivity index (χ3v) is 4.50. The number of nitrogens with one attached hydrogen (secondary N) is 1. The van der Waals surface area contributed by atoms with Crippen LogP contribution in [0.15, 0.2) is 36.5 Å². The summed E-state index contributed by atoms with van der Waals surface area (Å²) >= 11 is 0. The second-order valence-corrected chi connectivity index (χ2v) is 5.76. The van der Waals surface area contributed by atoms with E-state index in [-0.39, 0.29) is 5.91 Å². The molecule has 1 saturated heterocycles. The largest absolute Gasteiger partial charge is 0.338 e. The zero-order valence-corrected chi connectivity index (χ0v) is 12.5. The van der Waals surface area contributed by atoms with Crippen LogP contribution in [0, 0.1) is 18.3 Å². The van der Waals surface area contributed by atoms with Crippen molar-refractivity contribution in [1.29, 1.82) is 5.26 Å². The van der Waals surface area contributed by atoms with Crippen molar-refractivity contribution in [2.75, 3.05) is 13.1 Å². The Bertz CT molecular complexity index is 706. The normalized spacial score (nSPS) is 17.0. The van der Waals surface area contributed by atoms with Gasteiger partial charge in [-0.15, -0.1) is 0 Å². The molecule has 5 heteroatoms. The first-order chi connectivity index (χ1) is 10.7. The predicted molar refractivity (Wildman–Crippen MR) is 82.2 cm³/mol. The molecule has 1 amide bonds. The smallest absolute Gasteiger partial charge is 0.257 e. The molecule has 0 atom stereocenters. The highest BCUT2D eigenvalue weighted by Gasteiger charge is 2.38. The van der Waals surface area contributed by atoms with E-state index in [1.807, 2.05) is 42.2 Å². The number of hydrogen-bond donors (Lipinski definition) is 1. The molecular formula is C17H18N4O. The Morgan fingerprint density at radius 1 is 1.32 bits per heavy atom. The van der Waals surface area contributed by atoms with Crippen molar-refractivity contribution in [3.05, 3.63) is 53.3 Å². The Morgan fingerprint density at radius 2 is 2.00 bits per heavy atom. The van der Waals surface area contributed by atoms with Crippen LogP contribution >= 0.6 is 0 Å². The summed E-state index contributed by atoms with van der Waals surface area (Å²) in [5.41, 5.74) is 1.96. The number of benzene rings is 1. The Labute approximate surface area is 129 Å². The molecule has 0 unspecified atom stereocenters. The van der Waals surface area contributed by atoms with Gasteiger partial charge in [0.15, 0.2) is 0 Å². The van der Waals surface area contributed by atoms with Crippen LogP contribution in [0.1, 0.15) is 34.5 Å². The number of amides is 1. The van der Waals surface area contributed by atoms with Crippen molar-refractivity contribution in [3.8, 4) is 6.07 Å². The maximum Gasteiger partial charge on any atom is 0.257 e. The van der Waals surface area contributed by atoms with Crippen LogP contribution in [0.2, 0.25) is 0 Å². The molecule has 1 fully saturated rings. The quantitative estimate of drug-likeness (QED) is 0.924. The summed E-state index contributed by atoms with van der Waals surface area (Å²) < 4.78 is 0. The van der Waals surface area contributed by atoms with Crippen LogP contribution in [-0.2, 0) is 5.41 Å². The number of aromatic amines is 1. The van der Waals surface area contributed by atoms with E-state index in [0.29, 0.717) is 31.5 Å². The zero-order valence-electron chi connectivity index (χ0n) is 12.5. The summed E-state index contributed by atoms with van der Waals surface area (Å²) in [6.45, 7) is 3.02. The van der Waals surface area contributed by atoms with Gasteiger partial charge in [0.25, 0.3) is 5.91 Å². The molecule has 1 aliphatic rings. The number of carbonyl (C=O) groups is 1. The first-order valence-corrected chi connectivity index (χ1v) is 7.42. The molecule has 1 aliphatic heterocycles. The molecule has 5 nitrogen and oxygen atoms in total. The SMILES string of the molecule is Cc1[nH]ncc1C(=O)N1CCC(C#N)(c2ccccc2)CC1. The number of hydrogen-bond acceptors (Lipinski definition) is 3. The average Bonchev–Trinajstić information content (AvgIpc) is 3.01. The zero-order chi connectivity index (χ0) is 15.6. The molecule has 1 aromatic heterocycles. The maximum atomic E-state index is 12.5. The fourth-order valence-electron chi connectivity index (χ4n) is 3.05. The molecule has 2 aromatic rings. The predicted octanol–water partition coefficient (Wildman–Crippen LogP) is 2.42. The summed E-state index contributed by atoms with van der Waals surface area (Å²) in [5.74, 6) is -0.00847. The molecule has 22 heavy (non-hydrogen) atoms. The van der Waals surface area contributed by atoms with E-state index < -0.39 is 5.41 Å². The highest BCUT2D eigenvalue weighted by atomic mass is 16.2. The number of rotatable bonds is 2. The Kier molecular flexibility index (Phi) is 3.68. The Morgan fingerprint density at radius 3 is 2.55 bits per heavy atom. The molecule has 0 spiro atoms. The van der Waals surface area contributed by atoms with E-state index >= 15 is 0 Å². The molecule has 3 rings (SSSR count). The van der Waals surface area contributed by atoms with Crippen LogP contribution in [0.4, 0.5) is 0 Å². The Hall–Kier alpha value is -2.61. The minimum absolute atomic E-state index is 0.00847. The molecule has 1 aromatic carbocycles. The summed E-state index contributed by atoms with van der Waals surface area (Å²) in [6, 6.07) is 12.4. The fourth-order valence-corrected chi connectivity index (χ4v) is 3.05. The summed E-state index contributed by atoms with van der Waals surface area (Å²) in [4.78, 5) is 14.3. The number of likely N-dealkylation sites (tertiary alicyclic amines) is 1. The first-order valence-electron chi connectivity index (χ1n) is 7.42. The molecule has 1 N–H and O–H groups in total. The summed E-state index contributed by atoms with van der Waals surface area (Å²) in [5, 5.41) is 16.4. The molecule has 0 aliphatic carbocycles.